The maximum absolute atomic E-state index is 14.7. The lowest BCUT2D eigenvalue weighted by Crippen LogP contribution is -2.39. The van der Waals surface area contributed by atoms with Crippen LogP contribution in [0.1, 0.15) is 53.0 Å². The highest BCUT2D eigenvalue weighted by Crippen LogP contribution is 2.22. The number of hydrogen-bond donors (Lipinski definition) is 1. The highest BCUT2D eigenvalue weighted by molar-refractivity contribution is 5.94. The van der Waals surface area contributed by atoms with Crippen LogP contribution in [0.3, 0.4) is 0 Å². The Kier molecular flexibility index (Phi) is 5.24. The molecule has 0 aliphatic carbocycles. The van der Waals surface area contributed by atoms with Crippen molar-refractivity contribution in [3.63, 3.8) is 0 Å². The summed E-state index contributed by atoms with van der Waals surface area (Å²) in [5, 5.41) is 16.4. The number of benzene rings is 2. The first-order valence-corrected chi connectivity index (χ1v) is 10.9. The third-order valence-electron chi connectivity index (χ3n) is 5.99. The molecule has 1 N–H and O–H groups in total. The monoisotopic (exact) mass is 446 g/mol. The predicted octanol–water partition coefficient (Wildman–Crippen LogP) is 3.02. The summed E-state index contributed by atoms with van der Waals surface area (Å²) in [4.78, 5) is 26.8. The second kappa shape index (κ2) is 8.23. The first-order valence-electron chi connectivity index (χ1n) is 10.9. The zero-order valence-electron chi connectivity index (χ0n) is 18.4. The number of nitrogens with zero attached hydrogens (tertiary/aromatic N) is 5. The van der Waals surface area contributed by atoms with Gasteiger partial charge in [0.05, 0.1) is 23.2 Å². The Hall–Kier alpha value is -3.88. The molecule has 5 rings (SSSR count). The van der Waals surface area contributed by atoms with E-state index in [4.69, 9.17) is 0 Å². The molecule has 0 bridgehead atoms. The molecule has 0 fully saturated rings. The van der Waals surface area contributed by atoms with E-state index in [-0.39, 0.29) is 29.5 Å². The molecule has 0 spiro atoms. The molecule has 0 unspecified atom stereocenters. The summed E-state index contributed by atoms with van der Waals surface area (Å²) >= 11 is 0. The fourth-order valence-corrected chi connectivity index (χ4v) is 4.30. The van der Waals surface area contributed by atoms with Gasteiger partial charge < -0.3 is 9.47 Å². The third-order valence-corrected chi connectivity index (χ3v) is 5.99. The summed E-state index contributed by atoms with van der Waals surface area (Å²) in [5.74, 6) is 0.886. The molecule has 0 saturated carbocycles. The molecule has 2 aromatic carbocycles. The van der Waals surface area contributed by atoms with E-state index in [0.29, 0.717) is 36.4 Å². The van der Waals surface area contributed by atoms with Crippen molar-refractivity contribution in [2.24, 2.45) is 0 Å². The molecule has 4 aromatic rings. The van der Waals surface area contributed by atoms with Gasteiger partial charge in [0.25, 0.3) is 11.5 Å². The zero-order valence-corrected chi connectivity index (χ0v) is 18.4. The van der Waals surface area contributed by atoms with Gasteiger partial charge in [0.15, 0.2) is 5.82 Å². The molecule has 0 atom stereocenters. The van der Waals surface area contributed by atoms with E-state index in [2.05, 4.69) is 34.2 Å². The van der Waals surface area contributed by atoms with Crippen molar-refractivity contribution in [2.75, 3.05) is 6.54 Å². The lowest BCUT2D eigenvalue weighted by atomic mass is 10.0. The largest absolute Gasteiger partial charge is 0.329 e. The van der Waals surface area contributed by atoms with Crippen molar-refractivity contribution in [3.8, 4) is 0 Å². The van der Waals surface area contributed by atoms with Crippen molar-refractivity contribution >= 4 is 16.7 Å². The number of fused-ring (bicyclic) bond motifs is 2. The van der Waals surface area contributed by atoms with Crippen LogP contribution in [0.4, 0.5) is 4.39 Å². The number of aromatic nitrogens is 5. The Morgan fingerprint density at radius 1 is 1.12 bits per heavy atom. The van der Waals surface area contributed by atoms with Gasteiger partial charge in [0.2, 0.25) is 0 Å². The molecule has 1 aliphatic heterocycles. The van der Waals surface area contributed by atoms with Gasteiger partial charge in [0, 0.05) is 30.8 Å². The van der Waals surface area contributed by atoms with Gasteiger partial charge in [-0.3, -0.25) is 9.59 Å². The average molecular weight is 446 g/mol. The smallest absolute Gasteiger partial charge is 0.272 e. The molecule has 1 amide bonds. The summed E-state index contributed by atoms with van der Waals surface area (Å²) in [5.41, 5.74) is 1.13. The van der Waals surface area contributed by atoms with Crippen LogP contribution in [0.25, 0.3) is 10.8 Å². The van der Waals surface area contributed by atoms with Gasteiger partial charge in [0.1, 0.15) is 11.6 Å². The fourth-order valence-electron chi connectivity index (χ4n) is 4.30. The Bertz CT molecular complexity index is 1420. The number of hydrogen-bond acceptors (Lipinski definition) is 5. The van der Waals surface area contributed by atoms with Crippen LogP contribution >= 0.6 is 0 Å². The first kappa shape index (κ1) is 21.0. The third kappa shape index (κ3) is 3.79. The summed E-state index contributed by atoms with van der Waals surface area (Å²) < 4.78 is 16.7. The zero-order chi connectivity index (χ0) is 23.1. The second-order valence-corrected chi connectivity index (χ2v) is 8.54. The van der Waals surface area contributed by atoms with Crippen LogP contribution in [0.5, 0.6) is 0 Å². The molecule has 9 heteroatoms. The molecular formula is C24H23FN6O2. The quantitative estimate of drug-likeness (QED) is 0.520. The van der Waals surface area contributed by atoms with Crippen LogP contribution in [0.15, 0.2) is 47.3 Å². The van der Waals surface area contributed by atoms with Gasteiger partial charge in [-0.2, -0.15) is 5.10 Å². The Morgan fingerprint density at radius 3 is 2.70 bits per heavy atom. The van der Waals surface area contributed by atoms with Crippen LogP contribution in [-0.2, 0) is 19.5 Å². The van der Waals surface area contributed by atoms with Crippen LogP contribution in [-0.4, -0.2) is 42.3 Å². The fraction of sp³-hybridized carbons (Fsp3) is 0.292. The maximum Gasteiger partial charge on any atom is 0.272 e. The summed E-state index contributed by atoms with van der Waals surface area (Å²) in [6.45, 7) is 5.43. The van der Waals surface area contributed by atoms with Crippen molar-refractivity contribution in [2.45, 2.75) is 39.3 Å². The molecule has 8 nitrogen and oxygen atoms in total. The number of carbonyl (C=O) groups is 1. The number of amides is 1. The average Bonchev–Trinajstić information content (AvgIpc) is 3.25. The maximum atomic E-state index is 14.7. The van der Waals surface area contributed by atoms with Crippen LogP contribution < -0.4 is 5.56 Å². The lowest BCUT2D eigenvalue weighted by Gasteiger charge is -2.28. The second-order valence-electron chi connectivity index (χ2n) is 8.54. The normalized spacial score (nSPS) is 13.5. The number of halogens is 1. The predicted molar refractivity (Wildman–Crippen MR) is 120 cm³/mol. The molecule has 168 valence electrons. The molecule has 1 aliphatic rings. The number of H-pyrrole nitrogens is 1. The van der Waals surface area contributed by atoms with E-state index in [1.54, 1.807) is 29.2 Å². The minimum atomic E-state index is -0.571. The van der Waals surface area contributed by atoms with Crippen molar-refractivity contribution in [3.05, 3.63) is 87.1 Å². The van der Waals surface area contributed by atoms with E-state index in [1.807, 2.05) is 16.7 Å². The van der Waals surface area contributed by atoms with Gasteiger partial charge in [-0.15, -0.1) is 10.2 Å². The van der Waals surface area contributed by atoms with Gasteiger partial charge in [-0.1, -0.05) is 38.1 Å². The minimum Gasteiger partial charge on any atom is -0.329 e. The SMILES string of the molecule is CC(C)c1nnc2n1CCN(C(=O)c1cc(Cc3n[nH]c(=O)c4ccccc34)ccc1F)C2. The lowest BCUT2D eigenvalue weighted by molar-refractivity contribution is 0.0701. The van der Waals surface area contributed by atoms with E-state index in [1.165, 1.54) is 6.07 Å². The summed E-state index contributed by atoms with van der Waals surface area (Å²) in [6.07, 6.45) is 0.351. The van der Waals surface area contributed by atoms with Crippen LogP contribution in [0, 0.1) is 5.82 Å². The standard InChI is InChI=1S/C24H23FN6O2/c1-14(2)22-28-27-21-13-30(9-10-31(21)22)24(33)18-11-15(7-8-19(18)25)12-20-16-5-3-4-6-17(16)23(32)29-26-20/h3-8,11,14H,9-10,12-13H2,1-2H3,(H,29,32). The topological polar surface area (TPSA) is 96.8 Å². The summed E-state index contributed by atoms with van der Waals surface area (Å²) in [6, 6.07) is 11.7. The Balaban J connectivity index is 1.42. The highest BCUT2D eigenvalue weighted by atomic mass is 19.1. The molecule has 2 aromatic heterocycles. The number of rotatable bonds is 4. The number of nitrogens with one attached hydrogen (secondary N) is 1. The van der Waals surface area contributed by atoms with Crippen molar-refractivity contribution in [1.82, 2.24) is 29.9 Å². The van der Waals surface area contributed by atoms with Gasteiger partial charge >= 0.3 is 0 Å². The number of carbonyl (C=O) groups excluding carboxylic acids is 1. The Labute approximate surface area is 189 Å². The molecular weight excluding hydrogens is 423 g/mol. The van der Waals surface area contributed by atoms with Gasteiger partial charge in [-0.25, -0.2) is 9.49 Å². The summed E-state index contributed by atoms with van der Waals surface area (Å²) in [7, 11) is 0. The molecule has 3 heterocycles. The number of aromatic amines is 1. The van der Waals surface area contributed by atoms with E-state index >= 15 is 0 Å². The van der Waals surface area contributed by atoms with E-state index in [0.717, 1.165) is 16.8 Å². The minimum absolute atomic E-state index is 0.0123. The highest BCUT2D eigenvalue weighted by Gasteiger charge is 2.27. The van der Waals surface area contributed by atoms with Crippen molar-refractivity contribution < 1.29 is 9.18 Å². The molecule has 33 heavy (non-hydrogen) atoms. The van der Waals surface area contributed by atoms with E-state index < -0.39 is 5.82 Å². The molecule has 0 radical (unpaired) electrons. The molecule has 0 saturated heterocycles. The van der Waals surface area contributed by atoms with Crippen molar-refractivity contribution in [1.29, 1.82) is 0 Å². The van der Waals surface area contributed by atoms with Gasteiger partial charge in [-0.05, 0) is 23.8 Å². The first-order chi connectivity index (χ1) is 15.9. The van der Waals surface area contributed by atoms with E-state index in [9.17, 15) is 14.0 Å². The Morgan fingerprint density at radius 2 is 1.91 bits per heavy atom. The van der Waals surface area contributed by atoms with Crippen LogP contribution in [0.2, 0.25) is 0 Å².